The van der Waals surface area contributed by atoms with E-state index in [1.54, 1.807) is 146 Å². The minimum absolute atomic E-state index is 0.000379. The number of halogens is 8. The molecule has 8 aromatic heterocycles. The summed E-state index contributed by atoms with van der Waals surface area (Å²) in [5.74, 6) is -12.4. The first-order valence-electron chi connectivity index (χ1n) is 45.8. The van der Waals surface area contributed by atoms with Gasteiger partial charge in [0.05, 0.1) is 131 Å². The van der Waals surface area contributed by atoms with Crippen molar-refractivity contribution in [1.82, 2.24) is 79.0 Å². The number of aromatic nitrogens is 16. The fourth-order valence-electron chi connectivity index (χ4n) is 17.5. The Morgan fingerprint density at radius 2 is 0.419 bits per heavy atom. The lowest BCUT2D eigenvalue weighted by Gasteiger charge is -2.39. The molecule has 40 nitrogen and oxygen atoms in total. The van der Waals surface area contributed by atoms with Gasteiger partial charge in [-0.3, -0.25) is 18.3 Å². The molecule has 148 heavy (non-hydrogen) atoms. The van der Waals surface area contributed by atoms with E-state index in [1.807, 2.05) is 0 Å². The first-order valence-corrected chi connectivity index (χ1v) is 52.7. The van der Waals surface area contributed by atoms with Crippen LogP contribution in [0.4, 0.5) is 35.1 Å². The maximum atomic E-state index is 13.4. The lowest BCUT2D eigenvalue weighted by atomic mass is 9.77. The first kappa shape index (κ1) is 112. The number of aliphatic hydroxyl groups is 4. The third-order valence-electron chi connectivity index (χ3n) is 26.0. The van der Waals surface area contributed by atoms with Crippen LogP contribution in [0.1, 0.15) is 102 Å². The van der Waals surface area contributed by atoms with E-state index in [2.05, 4.69) is 60.7 Å². The van der Waals surface area contributed by atoms with Gasteiger partial charge in [-0.25, -0.2) is 88.7 Å². The highest BCUT2D eigenvalue weighted by molar-refractivity contribution is 7.92. The molecule has 4 saturated carbocycles. The average Bonchev–Trinajstić information content (AvgIpc) is 1.62. The highest BCUT2D eigenvalue weighted by atomic mass is 32.2. The van der Waals surface area contributed by atoms with Crippen molar-refractivity contribution in [2.24, 2.45) is 23.7 Å². The Morgan fingerprint density at radius 1 is 0.264 bits per heavy atom. The Morgan fingerprint density at radius 3 is 0.561 bits per heavy atom. The molecule has 4 aliphatic rings. The summed E-state index contributed by atoms with van der Waals surface area (Å²) >= 11 is 0. The van der Waals surface area contributed by atoms with Crippen LogP contribution in [-0.2, 0) is 62.4 Å². The van der Waals surface area contributed by atoms with E-state index < -0.39 is 207 Å². The zero-order valence-corrected chi connectivity index (χ0v) is 86.3. The monoisotopic (exact) mass is 2150 g/mol. The van der Waals surface area contributed by atoms with Gasteiger partial charge in [0, 0.05) is 75.6 Å². The van der Waals surface area contributed by atoms with Crippen molar-refractivity contribution in [3.8, 4) is 138 Å². The van der Waals surface area contributed by atoms with Crippen molar-refractivity contribution in [3.05, 3.63) is 169 Å². The number of ether oxygens (including phenoxy) is 12. The van der Waals surface area contributed by atoms with Gasteiger partial charge in [0.2, 0.25) is 47.2 Å². The van der Waals surface area contributed by atoms with Crippen LogP contribution in [-0.4, -0.2) is 288 Å². The lowest BCUT2D eigenvalue weighted by Crippen LogP contribution is -2.48. The molecule has 4 aromatic carbocycles. The SMILES string of the molecule is COc1cccc(-c2nnc(CS(=O)(=O)[C@@H](C)[C@@H](O)C3CC(F)(F)C3)n2-c2c(OC)cccc2OC)n1.COc1cccc(-c2nnc(CS(=O)(=O)[C@@H](C)[C@H](O)C3CC(F)(F)C3)n2-c2c(OC)cccc2OC)n1.COc1cccc(-c2nnc(CS(=O)(=O)[C@H](C)[C@@H](O)C3CC(F)(F)C3)n2-c2c(OC)cccc2OC)n1.COc1cccc(-c2nnc(CS(=O)(=O)[C@H](C)[C@H](O)C3CC(F)(F)C3)n2-c2c(OC)cccc2OC)n1. The van der Waals surface area contributed by atoms with Crippen molar-refractivity contribution in [2.75, 3.05) is 85.3 Å². The van der Waals surface area contributed by atoms with Gasteiger partial charge in [0.25, 0.3) is 0 Å². The topological polar surface area (TPSA) is 503 Å². The molecule has 0 saturated heterocycles. The summed E-state index contributed by atoms with van der Waals surface area (Å²) in [4.78, 5) is 17.6. The Balaban J connectivity index is 0.000000165. The van der Waals surface area contributed by atoms with Crippen LogP contribution >= 0.6 is 0 Å². The van der Waals surface area contributed by atoms with Gasteiger partial charge in [0.15, 0.2) is 85.9 Å². The van der Waals surface area contributed by atoms with Gasteiger partial charge in [-0.05, 0) is 124 Å². The van der Waals surface area contributed by atoms with Gasteiger partial charge in [-0.2, -0.15) is 0 Å². The number of hydrogen-bond acceptors (Lipinski definition) is 36. The smallest absolute Gasteiger partial charge is 0.248 e. The molecule has 4 aliphatic carbocycles. The van der Waals surface area contributed by atoms with E-state index in [9.17, 15) is 89.2 Å². The van der Waals surface area contributed by atoms with Crippen LogP contribution in [0.5, 0.6) is 69.5 Å². The summed E-state index contributed by atoms with van der Waals surface area (Å²) in [6.45, 7) is 5.24. The maximum absolute atomic E-state index is 13.4. The quantitative estimate of drug-likeness (QED) is 0.0259. The second-order valence-corrected chi connectivity index (χ2v) is 44.9. The number of alkyl halides is 8. The Bertz CT molecular complexity index is 6240. The molecule has 0 radical (unpaired) electrons. The average molecular weight is 2150 g/mol. The number of benzene rings is 4. The van der Waals surface area contributed by atoms with Crippen molar-refractivity contribution in [3.63, 3.8) is 0 Å². The van der Waals surface area contributed by atoms with Crippen LogP contribution in [0.15, 0.2) is 146 Å². The molecule has 0 spiro atoms. The summed E-state index contributed by atoms with van der Waals surface area (Å²) in [5, 5.41) is 70.4. The standard InChI is InChI=1S/4C24H28F2N4O6S/c4*1-14(22(31)15-11-24(25,26)12-15)37(32,33)13-19-28-29-23(16-7-5-10-20(27-16)36-4)30(19)21-17(34-2)8-6-9-18(21)35-3/h4*5-10,14-15,22,31H,11-13H2,1-4H3/t2*14-,22+;2*14-,22-/m1010/s1. The summed E-state index contributed by atoms with van der Waals surface area (Å²) in [5.41, 5.74) is 2.73. The van der Waals surface area contributed by atoms with Crippen LogP contribution in [0.2, 0.25) is 0 Å². The van der Waals surface area contributed by atoms with Crippen LogP contribution < -0.4 is 56.8 Å². The third-order valence-corrected chi connectivity index (χ3v) is 34.3. The number of para-hydroxylation sites is 4. The Labute approximate surface area is 847 Å². The van der Waals surface area contributed by atoms with Crippen molar-refractivity contribution < 1.29 is 146 Å². The van der Waals surface area contributed by atoms with Crippen molar-refractivity contribution >= 4 is 39.3 Å². The molecular formula is C96H112F8N16O24S4. The van der Waals surface area contributed by atoms with Gasteiger partial charge < -0.3 is 77.3 Å². The molecule has 0 aliphatic heterocycles. The highest BCUT2D eigenvalue weighted by Crippen LogP contribution is 2.51. The summed E-state index contributed by atoms with van der Waals surface area (Å²) in [6.07, 6.45) is -10.2. The maximum Gasteiger partial charge on any atom is 0.248 e. The summed E-state index contributed by atoms with van der Waals surface area (Å²) < 4.78 is 285. The van der Waals surface area contributed by atoms with Crippen molar-refractivity contribution in [1.29, 1.82) is 0 Å². The number of rotatable bonds is 40. The van der Waals surface area contributed by atoms with Crippen LogP contribution in [0.3, 0.4) is 0 Å². The van der Waals surface area contributed by atoms with E-state index in [0.717, 1.165) is 0 Å². The third kappa shape index (κ3) is 24.5. The van der Waals surface area contributed by atoms with Crippen LogP contribution in [0.25, 0.3) is 68.8 Å². The second-order valence-electron chi connectivity index (χ2n) is 35.5. The van der Waals surface area contributed by atoms with Crippen LogP contribution in [0, 0.1) is 23.7 Å². The number of aliphatic hydroxyl groups excluding tert-OH is 4. The largest absolute Gasteiger partial charge is 0.494 e. The normalized spacial score (nSPS) is 17.1. The summed E-state index contributed by atoms with van der Waals surface area (Å²) in [7, 11) is 1.20. The van der Waals surface area contributed by atoms with Gasteiger partial charge in [-0.1, -0.05) is 48.5 Å². The highest BCUT2D eigenvalue weighted by Gasteiger charge is 2.55. The number of hydrogen-bond donors (Lipinski definition) is 4. The molecule has 0 unspecified atom stereocenters. The molecule has 8 heterocycles. The predicted octanol–water partition coefficient (Wildman–Crippen LogP) is 12.3. The number of sulfone groups is 4. The van der Waals surface area contributed by atoms with E-state index in [1.165, 1.54) is 131 Å². The van der Waals surface area contributed by atoms with Gasteiger partial charge in [-0.15, -0.1) is 40.8 Å². The molecule has 0 bridgehead atoms. The molecular weight excluding hydrogens is 2040 g/mol. The number of methoxy groups -OCH3 is 12. The van der Waals surface area contributed by atoms with E-state index in [-0.39, 0.29) is 46.6 Å². The molecule has 0 amide bonds. The Hall–Kier alpha value is -13.3. The number of nitrogens with zero attached hydrogens (tertiary/aromatic N) is 16. The number of pyridine rings is 4. The molecule has 4 fully saturated rings. The fourth-order valence-corrected chi connectivity index (χ4v) is 23.3. The second kappa shape index (κ2) is 45.8. The van der Waals surface area contributed by atoms with E-state index in [4.69, 9.17) is 56.8 Å². The molecule has 52 heteroatoms. The minimum atomic E-state index is -4.07. The van der Waals surface area contributed by atoms with Gasteiger partial charge >= 0.3 is 0 Å². The van der Waals surface area contributed by atoms with E-state index >= 15 is 0 Å². The molecule has 16 rings (SSSR count). The first-order chi connectivity index (χ1) is 70.0. The zero-order chi connectivity index (χ0) is 108. The predicted molar refractivity (Wildman–Crippen MR) is 520 cm³/mol. The summed E-state index contributed by atoms with van der Waals surface area (Å²) in [6, 6.07) is 40.2. The molecule has 800 valence electrons. The molecule has 4 N–H and O–H groups in total. The lowest BCUT2D eigenvalue weighted by molar-refractivity contribution is -0.141. The minimum Gasteiger partial charge on any atom is -0.494 e. The van der Waals surface area contributed by atoms with E-state index in [0.29, 0.717) is 115 Å². The molecule has 8 atom stereocenters. The Kier molecular flexibility index (Phi) is 34.6. The fraction of sp³-hybridized carbons (Fsp3) is 0.458. The van der Waals surface area contributed by atoms with Crippen molar-refractivity contribution in [2.45, 2.75) is 171 Å². The van der Waals surface area contributed by atoms with Gasteiger partial charge in [0.1, 0.15) is 115 Å². The molecule has 12 aromatic rings. The zero-order valence-electron chi connectivity index (χ0n) is 83.0.